The van der Waals surface area contributed by atoms with Crippen molar-refractivity contribution in [2.75, 3.05) is 6.54 Å². The van der Waals surface area contributed by atoms with Gasteiger partial charge in [-0.1, -0.05) is 39.7 Å². The molecule has 0 radical (unpaired) electrons. The Morgan fingerprint density at radius 3 is 2.35 bits per heavy atom. The fraction of sp³-hybridized carbons (Fsp3) is 0.571. The van der Waals surface area contributed by atoms with Crippen molar-refractivity contribution in [3.63, 3.8) is 0 Å². The Kier molecular flexibility index (Phi) is 6.41. The predicted octanol–water partition coefficient (Wildman–Crippen LogP) is 4.52. The van der Waals surface area contributed by atoms with Gasteiger partial charge in [0, 0.05) is 9.61 Å². The van der Waals surface area contributed by atoms with Crippen LogP contribution in [0.5, 0.6) is 0 Å². The molecule has 1 aromatic rings. The summed E-state index contributed by atoms with van der Waals surface area (Å²) in [6.45, 7) is 7.49. The average molecular weight is 349 g/mol. The number of benzene rings is 1. The highest BCUT2D eigenvalue weighted by molar-refractivity contribution is 14.1. The van der Waals surface area contributed by atoms with Crippen LogP contribution in [0.25, 0.3) is 0 Å². The minimum Gasteiger partial charge on any atom is -0.310 e. The lowest BCUT2D eigenvalue weighted by atomic mass is 9.89. The second kappa shape index (κ2) is 7.31. The summed E-state index contributed by atoms with van der Waals surface area (Å²) in [5.74, 6) is 0.451. The second-order valence-electron chi connectivity index (χ2n) is 4.28. The van der Waals surface area contributed by atoms with Crippen molar-refractivity contribution >= 4 is 22.6 Å². The smallest absolute Gasteiger partial charge is 0.124 e. The lowest BCUT2D eigenvalue weighted by Crippen LogP contribution is -2.28. The molecule has 0 aromatic heterocycles. The molecule has 3 heteroatoms. The summed E-state index contributed by atoms with van der Waals surface area (Å²) in [4.78, 5) is 0. The van der Waals surface area contributed by atoms with Crippen LogP contribution in [-0.4, -0.2) is 6.54 Å². The van der Waals surface area contributed by atoms with Gasteiger partial charge in [-0.2, -0.15) is 0 Å². The molecule has 0 fully saturated rings. The molecule has 17 heavy (non-hydrogen) atoms. The maximum absolute atomic E-state index is 13.1. The van der Waals surface area contributed by atoms with Gasteiger partial charge in [0.15, 0.2) is 0 Å². The third kappa shape index (κ3) is 3.91. The Labute approximate surface area is 117 Å². The molecule has 1 unspecified atom stereocenters. The number of hydrogen-bond donors (Lipinski definition) is 1. The second-order valence-corrected chi connectivity index (χ2v) is 5.44. The quantitative estimate of drug-likeness (QED) is 0.745. The van der Waals surface area contributed by atoms with Crippen LogP contribution in [0.2, 0.25) is 0 Å². The molecule has 96 valence electrons. The molecule has 1 atom stereocenters. The lowest BCUT2D eigenvalue weighted by molar-refractivity contribution is 0.345. The zero-order valence-corrected chi connectivity index (χ0v) is 12.9. The van der Waals surface area contributed by atoms with Gasteiger partial charge in [0.25, 0.3) is 0 Å². The van der Waals surface area contributed by atoms with Gasteiger partial charge in [-0.15, -0.1) is 0 Å². The first-order valence-electron chi connectivity index (χ1n) is 6.32. The molecule has 0 aliphatic rings. The maximum atomic E-state index is 13.1. The Hall–Kier alpha value is -0.160. The van der Waals surface area contributed by atoms with Crippen molar-refractivity contribution in [2.45, 2.75) is 39.7 Å². The maximum Gasteiger partial charge on any atom is 0.124 e. The number of nitrogens with one attached hydrogen (secondary N) is 1. The molecule has 1 rings (SSSR count). The van der Waals surface area contributed by atoms with Crippen molar-refractivity contribution in [1.29, 1.82) is 0 Å². The zero-order chi connectivity index (χ0) is 12.8. The van der Waals surface area contributed by atoms with Crippen LogP contribution in [0, 0.1) is 15.3 Å². The van der Waals surface area contributed by atoms with E-state index in [1.807, 2.05) is 6.07 Å². The van der Waals surface area contributed by atoms with Gasteiger partial charge in [0.1, 0.15) is 5.82 Å². The molecule has 0 amide bonds. The average Bonchev–Trinajstić information content (AvgIpc) is 2.30. The molecule has 1 N–H and O–H groups in total. The molecule has 0 spiro atoms. The van der Waals surface area contributed by atoms with E-state index in [4.69, 9.17) is 0 Å². The molecular formula is C14H21FIN. The summed E-state index contributed by atoms with van der Waals surface area (Å²) >= 11 is 2.23. The van der Waals surface area contributed by atoms with E-state index in [2.05, 4.69) is 48.7 Å². The molecule has 0 aliphatic heterocycles. The Morgan fingerprint density at radius 1 is 1.24 bits per heavy atom. The Bertz CT molecular complexity index is 350. The zero-order valence-electron chi connectivity index (χ0n) is 10.8. The number of halogens is 2. The summed E-state index contributed by atoms with van der Waals surface area (Å²) in [5, 5.41) is 3.53. The van der Waals surface area contributed by atoms with Crippen molar-refractivity contribution in [2.24, 2.45) is 5.92 Å². The van der Waals surface area contributed by atoms with Gasteiger partial charge in [-0.3, -0.25) is 0 Å². The molecular weight excluding hydrogens is 328 g/mol. The highest BCUT2D eigenvalue weighted by Crippen LogP contribution is 2.30. The van der Waals surface area contributed by atoms with Crippen molar-refractivity contribution < 1.29 is 4.39 Å². The van der Waals surface area contributed by atoms with E-state index in [0.717, 1.165) is 23.0 Å². The van der Waals surface area contributed by atoms with Gasteiger partial charge in [-0.25, -0.2) is 4.39 Å². The van der Waals surface area contributed by atoms with Crippen LogP contribution in [0.15, 0.2) is 18.2 Å². The minimum absolute atomic E-state index is 0.155. The van der Waals surface area contributed by atoms with Crippen molar-refractivity contribution in [3.05, 3.63) is 33.1 Å². The highest BCUT2D eigenvalue weighted by atomic mass is 127. The van der Waals surface area contributed by atoms with Crippen LogP contribution >= 0.6 is 22.6 Å². The Balaban J connectivity index is 3.03. The largest absolute Gasteiger partial charge is 0.310 e. The fourth-order valence-electron chi connectivity index (χ4n) is 2.26. The van der Waals surface area contributed by atoms with E-state index < -0.39 is 0 Å². The SMILES string of the molecule is CCNC(c1ccc(F)cc1I)C(CC)CC. The van der Waals surface area contributed by atoms with Gasteiger partial charge >= 0.3 is 0 Å². The first-order valence-corrected chi connectivity index (χ1v) is 7.40. The summed E-state index contributed by atoms with van der Waals surface area (Å²) < 4.78 is 14.2. The summed E-state index contributed by atoms with van der Waals surface area (Å²) in [6, 6.07) is 5.43. The Morgan fingerprint density at radius 2 is 1.88 bits per heavy atom. The van der Waals surface area contributed by atoms with Crippen molar-refractivity contribution in [3.8, 4) is 0 Å². The molecule has 0 heterocycles. The minimum atomic E-state index is -0.155. The standard InChI is InChI=1S/C14H21FIN/c1-4-10(5-2)14(17-6-3)12-8-7-11(15)9-13(12)16/h7-10,14,17H,4-6H2,1-3H3. The van der Waals surface area contributed by atoms with Crippen LogP contribution in [0.3, 0.4) is 0 Å². The molecule has 0 aliphatic carbocycles. The fourth-order valence-corrected chi connectivity index (χ4v) is 3.08. The molecule has 0 saturated heterocycles. The van der Waals surface area contributed by atoms with Gasteiger partial charge in [0.2, 0.25) is 0 Å². The van der Waals surface area contributed by atoms with Crippen LogP contribution in [-0.2, 0) is 0 Å². The van der Waals surface area contributed by atoms with E-state index >= 15 is 0 Å². The topological polar surface area (TPSA) is 12.0 Å². The normalized spacial score (nSPS) is 13.1. The van der Waals surface area contributed by atoms with Gasteiger partial charge in [0.05, 0.1) is 0 Å². The monoisotopic (exact) mass is 349 g/mol. The summed E-state index contributed by atoms with van der Waals surface area (Å²) in [5.41, 5.74) is 1.22. The van der Waals surface area contributed by atoms with E-state index in [1.165, 1.54) is 5.56 Å². The summed E-state index contributed by atoms with van der Waals surface area (Å²) in [7, 11) is 0. The first-order chi connectivity index (χ1) is 8.13. The first kappa shape index (κ1) is 14.9. The van der Waals surface area contributed by atoms with Crippen LogP contribution in [0.4, 0.5) is 4.39 Å². The van der Waals surface area contributed by atoms with Crippen LogP contribution in [0.1, 0.15) is 45.2 Å². The predicted molar refractivity (Wildman–Crippen MR) is 79.6 cm³/mol. The highest BCUT2D eigenvalue weighted by Gasteiger charge is 2.21. The van der Waals surface area contributed by atoms with E-state index in [1.54, 1.807) is 12.1 Å². The van der Waals surface area contributed by atoms with E-state index in [0.29, 0.717) is 12.0 Å². The molecule has 1 aromatic carbocycles. The lowest BCUT2D eigenvalue weighted by Gasteiger charge is -2.27. The number of hydrogen-bond acceptors (Lipinski definition) is 1. The third-order valence-electron chi connectivity index (χ3n) is 3.24. The number of rotatable bonds is 6. The molecule has 0 bridgehead atoms. The van der Waals surface area contributed by atoms with Gasteiger partial charge in [-0.05, 0) is 52.7 Å². The molecule has 0 saturated carbocycles. The van der Waals surface area contributed by atoms with Crippen molar-refractivity contribution in [1.82, 2.24) is 5.32 Å². The van der Waals surface area contributed by atoms with E-state index in [-0.39, 0.29) is 5.82 Å². The molecule has 1 nitrogen and oxygen atoms in total. The van der Waals surface area contributed by atoms with Gasteiger partial charge < -0.3 is 5.32 Å². The van der Waals surface area contributed by atoms with E-state index in [9.17, 15) is 4.39 Å². The van der Waals surface area contributed by atoms with Crippen LogP contribution < -0.4 is 5.32 Å². The third-order valence-corrected chi connectivity index (χ3v) is 4.18. The summed E-state index contributed by atoms with van der Waals surface area (Å²) in [6.07, 6.45) is 2.28.